The Kier molecular flexibility index (Phi) is 3.50. The molecule has 0 spiro atoms. The van der Waals surface area contributed by atoms with Crippen LogP contribution in [0.5, 0.6) is 5.75 Å². The Balaban J connectivity index is 2.42. The van der Waals surface area contributed by atoms with Crippen molar-refractivity contribution in [2.24, 2.45) is 7.05 Å². The number of rotatable bonds is 3. The molecule has 2 aromatic rings. The second-order valence-electron chi connectivity index (χ2n) is 3.94. The number of nitrogens with one attached hydrogen (secondary N) is 1. The minimum absolute atomic E-state index is 0.0960. The molecule has 102 valence electrons. The SMILES string of the molecule is Cc1ccc(NS(=O)(=O)c2c(Br)nnn2C)c(O)c1. The number of phenolic OH excluding ortho intramolecular Hbond substituents is 1. The summed E-state index contributed by atoms with van der Waals surface area (Å²) in [6.45, 7) is 1.79. The van der Waals surface area contributed by atoms with Crippen LogP contribution in [0.15, 0.2) is 27.8 Å². The van der Waals surface area contributed by atoms with E-state index in [1.165, 1.54) is 19.2 Å². The number of hydrogen-bond acceptors (Lipinski definition) is 5. The van der Waals surface area contributed by atoms with Crippen molar-refractivity contribution in [1.29, 1.82) is 0 Å². The molecule has 0 amide bonds. The van der Waals surface area contributed by atoms with Gasteiger partial charge in [-0.15, -0.1) is 5.10 Å². The van der Waals surface area contributed by atoms with Gasteiger partial charge in [-0.2, -0.15) is 8.42 Å². The van der Waals surface area contributed by atoms with Crippen molar-refractivity contribution in [2.75, 3.05) is 4.72 Å². The minimum atomic E-state index is -3.89. The highest BCUT2D eigenvalue weighted by Crippen LogP contribution is 2.28. The first-order chi connectivity index (χ1) is 8.81. The van der Waals surface area contributed by atoms with Crippen LogP contribution in [0.1, 0.15) is 5.56 Å². The summed E-state index contributed by atoms with van der Waals surface area (Å²) < 4.78 is 27.9. The Labute approximate surface area is 118 Å². The van der Waals surface area contributed by atoms with E-state index >= 15 is 0 Å². The highest BCUT2D eigenvalue weighted by Gasteiger charge is 2.24. The molecular formula is C10H11BrN4O3S. The summed E-state index contributed by atoms with van der Waals surface area (Å²) in [5, 5.41) is 16.8. The van der Waals surface area contributed by atoms with Gasteiger partial charge in [-0.1, -0.05) is 11.3 Å². The van der Waals surface area contributed by atoms with Gasteiger partial charge in [0.25, 0.3) is 10.0 Å². The quantitative estimate of drug-likeness (QED) is 0.818. The number of aryl methyl sites for hydroxylation is 2. The fourth-order valence-corrected chi connectivity index (χ4v) is 3.70. The Morgan fingerprint density at radius 2 is 2.11 bits per heavy atom. The second kappa shape index (κ2) is 4.82. The van der Waals surface area contributed by atoms with Gasteiger partial charge in [-0.05, 0) is 40.5 Å². The summed E-state index contributed by atoms with van der Waals surface area (Å²) in [7, 11) is -2.43. The molecule has 1 aromatic carbocycles. The molecular weight excluding hydrogens is 336 g/mol. The predicted octanol–water partition coefficient (Wildman–Crippen LogP) is 1.39. The lowest BCUT2D eigenvalue weighted by Gasteiger charge is -2.09. The van der Waals surface area contributed by atoms with E-state index in [1.54, 1.807) is 13.0 Å². The van der Waals surface area contributed by atoms with Crippen LogP contribution in [0, 0.1) is 6.92 Å². The molecule has 9 heteroatoms. The predicted molar refractivity (Wildman–Crippen MR) is 72.4 cm³/mol. The van der Waals surface area contributed by atoms with Gasteiger partial charge >= 0.3 is 0 Å². The van der Waals surface area contributed by atoms with Crippen molar-refractivity contribution >= 4 is 31.6 Å². The summed E-state index contributed by atoms with van der Waals surface area (Å²) in [6.07, 6.45) is 0. The molecule has 1 aromatic heterocycles. The van der Waals surface area contributed by atoms with Crippen LogP contribution in [0.4, 0.5) is 5.69 Å². The lowest BCUT2D eigenvalue weighted by molar-refractivity contribution is 0.477. The van der Waals surface area contributed by atoms with Crippen LogP contribution in [0.3, 0.4) is 0 Å². The van der Waals surface area contributed by atoms with Gasteiger partial charge < -0.3 is 5.11 Å². The maximum absolute atomic E-state index is 12.2. The highest BCUT2D eigenvalue weighted by atomic mass is 79.9. The van der Waals surface area contributed by atoms with Gasteiger partial charge in [0, 0.05) is 7.05 Å². The third kappa shape index (κ3) is 2.71. The Hall–Kier alpha value is -1.61. The largest absolute Gasteiger partial charge is 0.506 e. The lowest BCUT2D eigenvalue weighted by atomic mass is 10.2. The molecule has 0 bridgehead atoms. The van der Waals surface area contributed by atoms with Crippen LogP contribution in [-0.2, 0) is 17.1 Å². The number of nitrogens with zero attached hydrogens (tertiary/aromatic N) is 3. The van der Waals surface area contributed by atoms with E-state index in [-0.39, 0.29) is 21.1 Å². The van der Waals surface area contributed by atoms with E-state index in [0.717, 1.165) is 10.2 Å². The maximum Gasteiger partial charge on any atom is 0.282 e. The molecule has 7 nitrogen and oxygen atoms in total. The van der Waals surface area contributed by atoms with Gasteiger partial charge in [-0.25, -0.2) is 4.68 Å². The van der Waals surface area contributed by atoms with Gasteiger partial charge in [-0.3, -0.25) is 4.72 Å². The summed E-state index contributed by atoms with van der Waals surface area (Å²) >= 11 is 3.02. The zero-order valence-corrected chi connectivity index (χ0v) is 12.5. The van der Waals surface area contributed by atoms with E-state index in [9.17, 15) is 13.5 Å². The Bertz CT molecular complexity index is 707. The van der Waals surface area contributed by atoms with E-state index in [0.29, 0.717) is 0 Å². The number of aromatic hydroxyl groups is 1. The molecule has 0 aliphatic rings. The number of sulfonamides is 1. The molecule has 1 heterocycles. The molecule has 0 radical (unpaired) electrons. The van der Waals surface area contributed by atoms with Crippen LogP contribution in [-0.4, -0.2) is 28.5 Å². The smallest absolute Gasteiger partial charge is 0.282 e. The number of hydrogen-bond donors (Lipinski definition) is 2. The van der Waals surface area contributed by atoms with Crippen molar-refractivity contribution in [3.8, 4) is 5.75 Å². The molecule has 19 heavy (non-hydrogen) atoms. The maximum atomic E-state index is 12.2. The third-order valence-electron chi connectivity index (χ3n) is 2.39. The van der Waals surface area contributed by atoms with Gasteiger partial charge in [0.15, 0.2) is 4.60 Å². The second-order valence-corrected chi connectivity index (χ2v) is 6.28. The van der Waals surface area contributed by atoms with Gasteiger partial charge in [0.2, 0.25) is 5.03 Å². The van der Waals surface area contributed by atoms with Crippen LogP contribution in [0.2, 0.25) is 0 Å². The van der Waals surface area contributed by atoms with Crippen molar-refractivity contribution < 1.29 is 13.5 Å². The van der Waals surface area contributed by atoms with E-state index in [1.807, 2.05) is 0 Å². The van der Waals surface area contributed by atoms with Crippen molar-refractivity contribution in [3.63, 3.8) is 0 Å². The number of phenols is 1. The standard InChI is InChI=1S/C10H11BrN4O3S/c1-6-3-4-7(8(16)5-6)13-19(17,18)10-9(11)12-14-15(10)2/h3-5,13,16H,1-2H3. The molecule has 0 unspecified atom stereocenters. The first-order valence-electron chi connectivity index (χ1n) is 5.19. The van der Waals surface area contributed by atoms with Crippen molar-refractivity contribution in [1.82, 2.24) is 15.0 Å². The molecule has 2 N–H and O–H groups in total. The van der Waals surface area contributed by atoms with Crippen LogP contribution < -0.4 is 4.72 Å². The average molecular weight is 347 g/mol. The summed E-state index contributed by atoms with van der Waals surface area (Å²) in [4.78, 5) is 0. The fourth-order valence-electron chi connectivity index (χ4n) is 1.53. The number of aromatic nitrogens is 3. The Morgan fingerprint density at radius 1 is 1.42 bits per heavy atom. The topological polar surface area (TPSA) is 97.1 Å². The van der Waals surface area contributed by atoms with E-state index in [2.05, 4.69) is 31.0 Å². The summed E-state index contributed by atoms with van der Waals surface area (Å²) in [6, 6.07) is 4.64. The molecule has 0 atom stereocenters. The average Bonchev–Trinajstić information content (AvgIpc) is 2.63. The zero-order valence-electron chi connectivity index (χ0n) is 10.1. The first-order valence-corrected chi connectivity index (χ1v) is 7.46. The number of anilines is 1. The normalized spacial score (nSPS) is 11.5. The number of halogens is 1. The molecule has 0 aliphatic carbocycles. The third-order valence-corrected chi connectivity index (χ3v) is 4.64. The van der Waals surface area contributed by atoms with E-state index < -0.39 is 10.0 Å². The zero-order chi connectivity index (χ0) is 14.2. The van der Waals surface area contributed by atoms with Crippen LogP contribution >= 0.6 is 15.9 Å². The van der Waals surface area contributed by atoms with Gasteiger partial charge in [0.05, 0.1) is 5.69 Å². The van der Waals surface area contributed by atoms with Gasteiger partial charge in [0.1, 0.15) is 5.75 Å². The Morgan fingerprint density at radius 3 is 2.63 bits per heavy atom. The monoisotopic (exact) mass is 346 g/mol. The fraction of sp³-hybridized carbons (Fsp3) is 0.200. The molecule has 0 aliphatic heterocycles. The summed E-state index contributed by atoms with van der Waals surface area (Å²) in [5.74, 6) is -0.144. The van der Waals surface area contributed by atoms with Crippen LogP contribution in [0.25, 0.3) is 0 Å². The first kappa shape index (κ1) is 13.8. The van der Waals surface area contributed by atoms with E-state index in [4.69, 9.17) is 0 Å². The number of benzene rings is 1. The molecule has 0 saturated carbocycles. The summed E-state index contributed by atoms with van der Waals surface area (Å²) in [5.41, 5.74) is 0.919. The van der Waals surface area contributed by atoms with Crippen molar-refractivity contribution in [3.05, 3.63) is 28.4 Å². The molecule has 2 rings (SSSR count). The minimum Gasteiger partial charge on any atom is -0.506 e. The molecule has 0 saturated heterocycles. The lowest BCUT2D eigenvalue weighted by Crippen LogP contribution is -2.17. The molecule has 0 fully saturated rings. The highest BCUT2D eigenvalue weighted by molar-refractivity contribution is 9.10. The van der Waals surface area contributed by atoms with Crippen molar-refractivity contribution in [2.45, 2.75) is 11.9 Å².